The molecule has 0 saturated heterocycles. The summed E-state index contributed by atoms with van der Waals surface area (Å²) >= 11 is 0. The number of hydrogen-bond acceptors (Lipinski definition) is 5. The average Bonchev–Trinajstić information content (AvgIpc) is 2.78. The van der Waals surface area contributed by atoms with Gasteiger partial charge in [-0.25, -0.2) is 0 Å². The minimum atomic E-state index is 0.578. The van der Waals surface area contributed by atoms with Gasteiger partial charge in [0.05, 0.1) is 12.2 Å². The zero-order chi connectivity index (χ0) is 12.4. The fraction of sp³-hybridized carbons (Fsp3) is 0.545. The standard InChI is InChI=1S/C11H17N5O/c1-7-10(8(2)16(4)14-7)5-12-6-11-13-9(3)15-17-11/h12H,5-6H2,1-4H3. The van der Waals surface area contributed by atoms with Gasteiger partial charge in [-0.3, -0.25) is 4.68 Å². The van der Waals surface area contributed by atoms with Crippen molar-refractivity contribution in [2.45, 2.75) is 33.9 Å². The summed E-state index contributed by atoms with van der Waals surface area (Å²) in [5, 5.41) is 11.4. The Balaban J connectivity index is 1.94. The Labute approximate surface area is 100 Å². The average molecular weight is 235 g/mol. The van der Waals surface area contributed by atoms with Gasteiger partial charge in [-0.2, -0.15) is 10.1 Å². The Morgan fingerprint density at radius 2 is 2.00 bits per heavy atom. The summed E-state index contributed by atoms with van der Waals surface area (Å²) in [6, 6.07) is 0. The smallest absolute Gasteiger partial charge is 0.240 e. The molecule has 17 heavy (non-hydrogen) atoms. The number of aryl methyl sites for hydroxylation is 3. The highest BCUT2D eigenvalue weighted by atomic mass is 16.5. The molecule has 6 heteroatoms. The van der Waals surface area contributed by atoms with Crippen LogP contribution in [0.1, 0.15) is 28.7 Å². The van der Waals surface area contributed by atoms with Gasteiger partial charge in [-0.05, 0) is 20.8 Å². The zero-order valence-corrected chi connectivity index (χ0v) is 10.6. The molecule has 2 heterocycles. The van der Waals surface area contributed by atoms with Crippen LogP contribution in [0.3, 0.4) is 0 Å². The van der Waals surface area contributed by atoms with Gasteiger partial charge in [0.25, 0.3) is 0 Å². The van der Waals surface area contributed by atoms with E-state index in [1.54, 1.807) is 0 Å². The number of nitrogens with one attached hydrogen (secondary N) is 1. The van der Waals surface area contributed by atoms with E-state index in [4.69, 9.17) is 4.52 Å². The van der Waals surface area contributed by atoms with Gasteiger partial charge >= 0.3 is 0 Å². The van der Waals surface area contributed by atoms with Crippen LogP contribution < -0.4 is 5.32 Å². The first kappa shape index (κ1) is 11.8. The predicted molar refractivity (Wildman–Crippen MR) is 62.3 cm³/mol. The van der Waals surface area contributed by atoms with Gasteiger partial charge in [0, 0.05) is 24.8 Å². The Morgan fingerprint density at radius 1 is 1.24 bits per heavy atom. The molecule has 2 rings (SSSR count). The van der Waals surface area contributed by atoms with E-state index in [2.05, 4.69) is 27.5 Å². The van der Waals surface area contributed by atoms with Crippen molar-refractivity contribution >= 4 is 0 Å². The third-order valence-electron chi connectivity index (χ3n) is 2.81. The van der Waals surface area contributed by atoms with E-state index >= 15 is 0 Å². The van der Waals surface area contributed by atoms with Crippen molar-refractivity contribution in [3.05, 3.63) is 28.7 Å². The van der Waals surface area contributed by atoms with Gasteiger partial charge in [0.1, 0.15) is 0 Å². The quantitative estimate of drug-likeness (QED) is 0.856. The molecule has 0 aliphatic heterocycles. The summed E-state index contributed by atoms with van der Waals surface area (Å²) in [4.78, 5) is 4.13. The number of hydrogen-bond donors (Lipinski definition) is 1. The molecule has 6 nitrogen and oxygen atoms in total. The van der Waals surface area contributed by atoms with Crippen molar-refractivity contribution in [3.8, 4) is 0 Å². The minimum Gasteiger partial charge on any atom is -0.338 e. The molecule has 0 fully saturated rings. The molecule has 0 spiro atoms. The monoisotopic (exact) mass is 235 g/mol. The van der Waals surface area contributed by atoms with Crippen molar-refractivity contribution < 1.29 is 4.52 Å². The van der Waals surface area contributed by atoms with E-state index in [0.29, 0.717) is 18.3 Å². The Morgan fingerprint density at radius 3 is 2.53 bits per heavy atom. The van der Waals surface area contributed by atoms with Gasteiger partial charge in [-0.15, -0.1) is 0 Å². The summed E-state index contributed by atoms with van der Waals surface area (Å²) < 4.78 is 6.92. The summed E-state index contributed by atoms with van der Waals surface area (Å²) in [6.07, 6.45) is 0. The number of aromatic nitrogens is 4. The van der Waals surface area contributed by atoms with E-state index in [0.717, 1.165) is 12.2 Å². The van der Waals surface area contributed by atoms with Crippen LogP contribution in [0.2, 0.25) is 0 Å². The first-order chi connectivity index (χ1) is 8.08. The zero-order valence-electron chi connectivity index (χ0n) is 10.6. The lowest BCUT2D eigenvalue weighted by Crippen LogP contribution is -2.14. The largest absolute Gasteiger partial charge is 0.338 e. The second-order valence-electron chi connectivity index (χ2n) is 4.11. The molecule has 0 atom stereocenters. The fourth-order valence-corrected chi connectivity index (χ4v) is 1.78. The molecule has 0 amide bonds. The third kappa shape index (κ3) is 2.52. The van der Waals surface area contributed by atoms with E-state index in [1.807, 2.05) is 25.6 Å². The molecule has 1 N–H and O–H groups in total. The second kappa shape index (κ2) is 4.67. The highest BCUT2D eigenvalue weighted by Crippen LogP contribution is 2.11. The number of nitrogens with zero attached hydrogens (tertiary/aromatic N) is 4. The van der Waals surface area contributed by atoms with Gasteiger partial charge in [0.2, 0.25) is 5.89 Å². The van der Waals surface area contributed by atoms with Crippen LogP contribution in [-0.4, -0.2) is 19.9 Å². The minimum absolute atomic E-state index is 0.578. The molecular weight excluding hydrogens is 218 g/mol. The molecule has 92 valence electrons. The first-order valence-corrected chi connectivity index (χ1v) is 5.57. The van der Waals surface area contributed by atoms with Gasteiger partial charge in [0.15, 0.2) is 5.82 Å². The van der Waals surface area contributed by atoms with Gasteiger partial charge < -0.3 is 9.84 Å². The van der Waals surface area contributed by atoms with Crippen LogP contribution in [0.5, 0.6) is 0 Å². The van der Waals surface area contributed by atoms with Crippen molar-refractivity contribution in [1.29, 1.82) is 0 Å². The first-order valence-electron chi connectivity index (χ1n) is 5.57. The predicted octanol–water partition coefficient (Wildman–Crippen LogP) is 1.02. The van der Waals surface area contributed by atoms with Crippen molar-refractivity contribution in [2.75, 3.05) is 0 Å². The Kier molecular flexibility index (Phi) is 3.23. The van der Waals surface area contributed by atoms with Gasteiger partial charge in [-0.1, -0.05) is 5.16 Å². The lowest BCUT2D eigenvalue weighted by atomic mass is 10.2. The van der Waals surface area contributed by atoms with Crippen molar-refractivity contribution in [2.24, 2.45) is 7.05 Å². The molecule has 0 aromatic carbocycles. The molecule has 0 bridgehead atoms. The second-order valence-corrected chi connectivity index (χ2v) is 4.11. The van der Waals surface area contributed by atoms with Crippen LogP contribution >= 0.6 is 0 Å². The summed E-state index contributed by atoms with van der Waals surface area (Å²) in [5.41, 5.74) is 3.46. The summed E-state index contributed by atoms with van der Waals surface area (Å²) in [6.45, 7) is 7.22. The molecule has 0 saturated carbocycles. The van der Waals surface area contributed by atoms with Crippen LogP contribution in [0, 0.1) is 20.8 Å². The van der Waals surface area contributed by atoms with Crippen LogP contribution in [0.15, 0.2) is 4.52 Å². The Bertz CT molecular complexity index is 514. The van der Waals surface area contributed by atoms with Crippen LogP contribution in [-0.2, 0) is 20.1 Å². The maximum Gasteiger partial charge on any atom is 0.240 e. The fourth-order valence-electron chi connectivity index (χ4n) is 1.78. The highest BCUT2D eigenvalue weighted by Gasteiger charge is 2.09. The van der Waals surface area contributed by atoms with Crippen LogP contribution in [0.25, 0.3) is 0 Å². The lowest BCUT2D eigenvalue weighted by molar-refractivity contribution is 0.364. The summed E-state index contributed by atoms with van der Waals surface area (Å²) in [5.74, 6) is 1.28. The number of rotatable bonds is 4. The maximum absolute atomic E-state index is 5.02. The van der Waals surface area contributed by atoms with Crippen LogP contribution in [0.4, 0.5) is 0 Å². The van der Waals surface area contributed by atoms with E-state index < -0.39 is 0 Å². The highest BCUT2D eigenvalue weighted by molar-refractivity contribution is 5.23. The molecule has 2 aromatic rings. The Hall–Kier alpha value is -1.69. The summed E-state index contributed by atoms with van der Waals surface area (Å²) in [7, 11) is 1.95. The molecule has 0 unspecified atom stereocenters. The van der Waals surface area contributed by atoms with E-state index in [9.17, 15) is 0 Å². The SMILES string of the molecule is Cc1noc(CNCc2c(C)nn(C)c2C)n1. The van der Waals surface area contributed by atoms with E-state index in [-0.39, 0.29) is 0 Å². The molecule has 0 aliphatic carbocycles. The van der Waals surface area contributed by atoms with Crippen molar-refractivity contribution in [3.63, 3.8) is 0 Å². The molecule has 0 radical (unpaired) electrons. The molecule has 0 aliphatic rings. The molecular formula is C11H17N5O. The normalized spacial score (nSPS) is 11.1. The third-order valence-corrected chi connectivity index (χ3v) is 2.81. The molecule has 2 aromatic heterocycles. The topological polar surface area (TPSA) is 68.8 Å². The van der Waals surface area contributed by atoms with Crippen molar-refractivity contribution in [1.82, 2.24) is 25.2 Å². The lowest BCUT2D eigenvalue weighted by Gasteiger charge is -2.02. The maximum atomic E-state index is 5.02. The van der Waals surface area contributed by atoms with E-state index in [1.165, 1.54) is 11.3 Å².